The van der Waals surface area contributed by atoms with Crippen LogP contribution in [0.25, 0.3) is 0 Å². The topological polar surface area (TPSA) is 32.7 Å². The third-order valence-electron chi connectivity index (χ3n) is 3.76. The van der Waals surface area contributed by atoms with Gasteiger partial charge in [-0.2, -0.15) is 0 Å². The Balaban J connectivity index is 2.02. The van der Waals surface area contributed by atoms with Gasteiger partial charge in [0, 0.05) is 36.1 Å². The predicted octanol–water partition coefficient (Wildman–Crippen LogP) is 2.49. The molecule has 112 valence electrons. The molecule has 20 heavy (non-hydrogen) atoms. The molecule has 0 spiro atoms. The lowest BCUT2D eigenvalue weighted by molar-refractivity contribution is -0.0942. The minimum Gasteiger partial charge on any atom is -0.390 e. The average molecular weight is 302 g/mol. The molecule has 1 aliphatic heterocycles. The third kappa shape index (κ3) is 3.70. The fraction of sp³-hybridized carbons (Fsp3) is 0.600. The summed E-state index contributed by atoms with van der Waals surface area (Å²) in [6, 6.07) is 4.96. The number of nitrogens with zero attached hydrogens (tertiary/aromatic N) is 1. The van der Waals surface area contributed by atoms with Gasteiger partial charge in [0.05, 0.1) is 18.8 Å². The zero-order chi connectivity index (χ0) is 14.7. The molecule has 0 bridgehead atoms. The van der Waals surface area contributed by atoms with Gasteiger partial charge in [-0.05, 0) is 26.0 Å². The van der Waals surface area contributed by atoms with E-state index in [-0.39, 0.29) is 18.3 Å². The maximum Gasteiger partial charge on any atom is 0.127 e. The second-order valence-electron chi connectivity index (χ2n) is 5.47. The van der Waals surface area contributed by atoms with E-state index in [1.165, 1.54) is 6.07 Å². The number of ether oxygens (including phenoxy) is 1. The van der Waals surface area contributed by atoms with Crippen molar-refractivity contribution in [2.75, 3.05) is 19.7 Å². The van der Waals surface area contributed by atoms with Crippen molar-refractivity contribution < 1.29 is 14.2 Å². The number of aliphatic hydroxyl groups excluding tert-OH is 1. The first kappa shape index (κ1) is 15.7. The summed E-state index contributed by atoms with van der Waals surface area (Å²) in [5.41, 5.74) is 0.354. The molecule has 3 nitrogen and oxygen atoms in total. The van der Waals surface area contributed by atoms with Gasteiger partial charge < -0.3 is 9.84 Å². The molecule has 2 rings (SSSR count). The molecule has 0 saturated carbocycles. The van der Waals surface area contributed by atoms with Crippen molar-refractivity contribution in [1.82, 2.24) is 4.90 Å². The summed E-state index contributed by atoms with van der Waals surface area (Å²) in [4.78, 5) is 2.25. The standard InChI is InChI=1S/C15H21ClFNO2/c1-10(2)18-6-7-20-15(9-18)14(19)8-11-12(16)4-3-5-13(11)17/h3-5,10,14-15,19H,6-9H2,1-2H3. The summed E-state index contributed by atoms with van der Waals surface area (Å²) >= 11 is 5.99. The van der Waals surface area contributed by atoms with Crippen molar-refractivity contribution in [2.45, 2.75) is 38.5 Å². The smallest absolute Gasteiger partial charge is 0.127 e. The second kappa shape index (κ2) is 6.85. The van der Waals surface area contributed by atoms with E-state index < -0.39 is 6.10 Å². The van der Waals surface area contributed by atoms with Gasteiger partial charge in [0.25, 0.3) is 0 Å². The largest absolute Gasteiger partial charge is 0.390 e. The molecular weight excluding hydrogens is 281 g/mol. The third-order valence-corrected chi connectivity index (χ3v) is 4.11. The summed E-state index contributed by atoms with van der Waals surface area (Å²) in [7, 11) is 0. The van der Waals surface area contributed by atoms with Crippen LogP contribution in [0.5, 0.6) is 0 Å². The SMILES string of the molecule is CC(C)N1CCOC(C(O)Cc2c(F)cccc2Cl)C1. The Kier molecular flexibility index (Phi) is 5.38. The predicted molar refractivity (Wildman–Crippen MR) is 77.6 cm³/mol. The highest BCUT2D eigenvalue weighted by atomic mass is 35.5. The summed E-state index contributed by atoms with van der Waals surface area (Å²) < 4.78 is 19.4. The van der Waals surface area contributed by atoms with Crippen LogP contribution in [-0.2, 0) is 11.2 Å². The molecular formula is C15H21ClFNO2. The van der Waals surface area contributed by atoms with Gasteiger partial charge in [0.15, 0.2) is 0 Å². The highest BCUT2D eigenvalue weighted by molar-refractivity contribution is 6.31. The maximum atomic E-state index is 13.7. The van der Waals surface area contributed by atoms with Gasteiger partial charge in [-0.3, -0.25) is 4.90 Å². The van der Waals surface area contributed by atoms with Gasteiger partial charge >= 0.3 is 0 Å². The number of aliphatic hydroxyl groups is 1. The van der Waals surface area contributed by atoms with Gasteiger partial charge in [0.1, 0.15) is 5.82 Å². The maximum absolute atomic E-state index is 13.7. The Labute approximate surface area is 124 Å². The van der Waals surface area contributed by atoms with E-state index in [1.54, 1.807) is 12.1 Å². The molecule has 0 aliphatic carbocycles. The Morgan fingerprint density at radius 3 is 2.90 bits per heavy atom. The summed E-state index contributed by atoms with van der Waals surface area (Å²) in [5.74, 6) is -0.381. The lowest BCUT2D eigenvalue weighted by Gasteiger charge is -2.37. The molecule has 0 radical (unpaired) electrons. The van der Waals surface area contributed by atoms with E-state index in [4.69, 9.17) is 16.3 Å². The van der Waals surface area contributed by atoms with Crippen molar-refractivity contribution >= 4 is 11.6 Å². The summed E-state index contributed by atoms with van der Waals surface area (Å²) in [6.45, 7) is 6.34. The molecule has 1 saturated heterocycles. The van der Waals surface area contributed by atoms with Crippen molar-refractivity contribution in [3.63, 3.8) is 0 Å². The molecule has 5 heteroatoms. The quantitative estimate of drug-likeness (QED) is 0.927. The fourth-order valence-electron chi connectivity index (χ4n) is 2.47. The fourth-order valence-corrected chi connectivity index (χ4v) is 2.71. The van der Waals surface area contributed by atoms with E-state index in [9.17, 15) is 9.50 Å². The second-order valence-corrected chi connectivity index (χ2v) is 5.88. The number of hydrogen-bond donors (Lipinski definition) is 1. The first-order valence-corrected chi connectivity index (χ1v) is 7.33. The molecule has 1 aliphatic rings. The molecule has 2 unspecified atom stereocenters. The molecule has 0 amide bonds. The Morgan fingerprint density at radius 1 is 1.50 bits per heavy atom. The van der Waals surface area contributed by atoms with Gasteiger partial charge in [0.2, 0.25) is 0 Å². The minimum absolute atomic E-state index is 0.169. The zero-order valence-electron chi connectivity index (χ0n) is 11.9. The Hall–Kier alpha value is -0.680. The van der Waals surface area contributed by atoms with Gasteiger partial charge in [-0.1, -0.05) is 17.7 Å². The van der Waals surface area contributed by atoms with E-state index >= 15 is 0 Å². The molecule has 2 atom stereocenters. The van der Waals surface area contributed by atoms with Crippen LogP contribution in [0, 0.1) is 5.82 Å². The van der Waals surface area contributed by atoms with Crippen molar-refractivity contribution in [2.24, 2.45) is 0 Å². The molecule has 0 aromatic heterocycles. The average Bonchev–Trinajstić information content (AvgIpc) is 2.43. The van der Waals surface area contributed by atoms with Crippen LogP contribution in [0.1, 0.15) is 19.4 Å². The van der Waals surface area contributed by atoms with E-state index in [2.05, 4.69) is 18.7 Å². The lowest BCUT2D eigenvalue weighted by Crippen LogP contribution is -2.50. The van der Waals surface area contributed by atoms with Crippen LogP contribution in [0.3, 0.4) is 0 Å². The van der Waals surface area contributed by atoms with Crippen LogP contribution in [0.15, 0.2) is 18.2 Å². The van der Waals surface area contributed by atoms with Crippen LogP contribution in [0.2, 0.25) is 5.02 Å². The number of halogens is 2. The van der Waals surface area contributed by atoms with Crippen LogP contribution < -0.4 is 0 Å². The van der Waals surface area contributed by atoms with Crippen LogP contribution >= 0.6 is 11.6 Å². The van der Waals surface area contributed by atoms with Crippen molar-refractivity contribution in [3.8, 4) is 0 Å². The van der Waals surface area contributed by atoms with E-state index in [1.807, 2.05) is 0 Å². The first-order chi connectivity index (χ1) is 9.49. The molecule has 1 heterocycles. The molecule has 1 aromatic carbocycles. The zero-order valence-corrected chi connectivity index (χ0v) is 12.6. The van der Waals surface area contributed by atoms with E-state index in [0.717, 1.165) is 6.54 Å². The number of rotatable bonds is 4. The monoisotopic (exact) mass is 301 g/mol. The number of morpholine rings is 1. The number of hydrogen-bond acceptors (Lipinski definition) is 3. The highest BCUT2D eigenvalue weighted by Gasteiger charge is 2.29. The van der Waals surface area contributed by atoms with E-state index in [0.29, 0.717) is 29.8 Å². The Morgan fingerprint density at radius 2 is 2.25 bits per heavy atom. The highest BCUT2D eigenvalue weighted by Crippen LogP contribution is 2.23. The minimum atomic E-state index is -0.758. The molecule has 1 fully saturated rings. The van der Waals surface area contributed by atoms with Crippen LogP contribution in [-0.4, -0.2) is 48.0 Å². The lowest BCUT2D eigenvalue weighted by atomic mass is 10.0. The summed E-state index contributed by atoms with van der Waals surface area (Å²) in [5, 5.41) is 10.6. The summed E-state index contributed by atoms with van der Waals surface area (Å²) in [6.07, 6.45) is -0.893. The number of benzene rings is 1. The van der Waals surface area contributed by atoms with Gasteiger partial charge in [-0.25, -0.2) is 4.39 Å². The van der Waals surface area contributed by atoms with Crippen LogP contribution in [0.4, 0.5) is 4.39 Å². The first-order valence-electron chi connectivity index (χ1n) is 6.95. The molecule has 1 aromatic rings. The van der Waals surface area contributed by atoms with Crippen molar-refractivity contribution in [3.05, 3.63) is 34.6 Å². The van der Waals surface area contributed by atoms with Crippen molar-refractivity contribution in [1.29, 1.82) is 0 Å². The molecule has 1 N–H and O–H groups in total. The Bertz CT molecular complexity index is 435. The normalized spacial score (nSPS) is 22.2. The van der Waals surface area contributed by atoms with Gasteiger partial charge in [-0.15, -0.1) is 0 Å².